The van der Waals surface area contributed by atoms with Gasteiger partial charge in [-0.3, -0.25) is 0 Å². The third-order valence-electron chi connectivity index (χ3n) is 3.26. The van der Waals surface area contributed by atoms with Gasteiger partial charge in [-0.15, -0.1) is 0 Å². The summed E-state index contributed by atoms with van der Waals surface area (Å²) >= 11 is 0. The maximum atomic E-state index is 5.76. The van der Waals surface area contributed by atoms with E-state index >= 15 is 0 Å². The SMILES string of the molecule is CNC(COC1COC1)c1ccc(OC)c(OC)c1. The van der Waals surface area contributed by atoms with Crippen molar-refractivity contribution in [3.05, 3.63) is 23.8 Å². The van der Waals surface area contributed by atoms with Crippen LogP contribution >= 0.6 is 0 Å². The summed E-state index contributed by atoms with van der Waals surface area (Å²) in [5.41, 5.74) is 1.11. The summed E-state index contributed by atoms with van der Waals surface area (Å²) in [5, 5.41) is 3.25. The molecule has 0 saturated carbocycles. The molecular formula is C14H21NO4. The van der Waals surface area contributed by atoms with Crippen LogP contribution in [-0.2, 0) is 9.47 Å². The molecule has 2 rings (SSSR count). The van der Waals surface area contributed by atoms with E-state index in [1.165, 1.54) is 0 Å². The lowest BCUT2D eigenvalue weighted by atomic mass is 10.1. The predicted molar refractivity (Wildman–Crippen MR) is 71.9 cm³/mol. The van der Waals surface area contributed by atoms with E-state index in [0.717, 1.165) is 17.1 Å². The molecule has 0 aromatic heterocycles. The molecule has 19 heavy (non-hydrogen) atoms. The molecule has 1 fully saturated rings. The lowest BCUT2D eigenvalue weighted by molar-refractivity contribution is -0.133. The molecule has 0 amide bonds. The number of ether oxygens (including phenoxy) is 4. The third kappa shape index (κ3) is 3.37. The Morgan fingerprint density at radius 3 is 2.53 bits per heavy atom. The van der Waals surface area contributed by atoms with Crippen LogP contribution in [0.4, 0.5) is 0 Å². The normalized spacial score (nSPS) is 16.8. The van der Waals surface area contributed by atoms with Crippen molar-refractivity contribution in [1.29, 1.82) is 0 Å². The summed E-state index contributed by atoms with van der Waals surface area (Å²) in [4.78, 5) is 0. The van der Waals surface area contributed by atoms with Crippen molar-refractivity contribution in [3.8, 4) is 11.5 Å². The Morgan fingerprint density at radius 2 is 2.00 bits per heavy atom. The van der Waals surface area contributed by atoms with Gasteiger partial charge in [-0.2, -0.15) is 0 Å². The molecule has 5 heteroatoms. The molecule has 1 aliphatic heterocycles. The highest BCUT2D eigenvalue weighted by molar-refractivity contribution is 5.43. The summed E-state index contributed by atoms with van der Waals surface area (Å²) in [5.74, 6) is 1.46. The number of benzene rings is 1. The van der Waals surface area contributed by atoms with E-state index in [0.29, 0.717) is 19.8 Å². The van der Waals surface area contributed by atoms with E-state index in [1.807, 2.05) is 25.2 Å². The van der Waals surface area contributed by atoms with E-state index in [1.54, 1.807) is 14.2 Å². The van der Waals surface area contributed by atoms with E-state index in [4.69, 9.17) is 18.9 Å². The molecule has 5 nitrogen and oxygen atoms in total. The van der Waals surface area contributed by atoms with Gasteiger partial charge in [0.2, 0.25) is 0 Å². The predicted octanol–water partition coefficient (Wildman–Crippen LogP) is 1.38. The minimum absolute atomic E-state index is 0.125. The highest BCUT2D eigenvalue weighted by Crippen LogP contribution is 2.30. The van der Waals surface area contributed by atoms with Crippen LogP contribution in [0.1, 0.15) is 11.6 Å². The van der Waals surface area contributed by atoms with Crippen LogP contribution in [0.2, 0.25) is 0 Å². The number of likely N-dealkylation sites (N-methyl/N-ethyl adjacent to an activating group) is 1. The summed E-state index contributed by atoms with van der Waals surface area (Å²) in [6.45, 7) is 2.00. The third-order valence-corrected chi connectivity index (χ3v) is 3.26. The van der Waals surface area contributed by atoms with Crippen molar-refractivity contribution in [3.63, 3.8) is 0 Å². The topological polar surface area (TPSA) is 49.0 Å². The number of hydrogen-bond acceptors (Lipinski definition) is 5. The van der Waals surface area contributed by atoms with Crippen LogP contribution in [0.5, 0.6) is 11.5 Å². The lowest BCUT2D eigenvalue weighted by Crippen LogP contribution is -2.38. The molecule has 106 valence electrons. The zero-order valence-electron chi connectivity index (χ0n) is 11.6. The maximum absolute atomic E-state index is 5.76. The van der Waals surface area contributed by atoms with Crippen LogP contribution < -0.4 is 14.8 Å². The lowest BCUT2D eigenvalue weighted by Gasteiger charge is -2.28. The van der Waals surface area contributed by atoms with Gasteiger partial charge in [0.15, 0.2) is 11.5 Å². The Labute approximate surface area is 113 Å². The largest absolute Gasteiger partial charge is 0.493 e. The molecule has 1 saturated heterocycles. The van der Waals surface area contributed by atoms with E-state index in [-0.39, 0.29) is 12.1 Å². The molecule has 0 aliphatic carbocycles. The van der Waals surface area contributed by atoms with Crippen molar-refractivity contribution in [2.45, 2.75) is 12.1 Å². The average molecular weight is 267 g/mol. The van der Waals surface area contributed by atoms with Crippen molar-refractivity contribution in [1.82, 2.24) is 5.32 Å². The van der Waals surface area contributed by atoms with Gasteiger partial charge in [0.1, 0.15) is 6.10 Å². The molecule has 1 unspecified atom stereocenters. The van der Waals surface area contributed by atoms with Crippen LogP contribution in [-0.4, -0.2) is 47.2 Å². The van der Waals surface area contributed by atoms with Crippen LogP contribution in [0.3, 0.4) is 0 Å². The van der Waals surface area contributed by atoms with E-state index in [2.05, 4.69) is 5.32 Å². The first-order chi connectivity index (χ1) is 9.28. The summed E-state index contributed by atoms with van der Waals surface area (Å²) in [7, 11) is 5.19. The molecule has 1 atom stereocenters. The number of rotatable bonds is 7. The zero-order chi connectivity index (χ0) is 13.7. The first kappa shape index (κ1) is 14.1. The van der Waals surface area contributed by atoms with Crippen molar-refractivity contribution < 1.29 is 18.9 Å². The monoisotopic (exact) mass is 267 g/mol. The molecule has 1 N–H and O–H groups in total. The van der Waals surface area contributed by atoms with Gasteiger partial charge in [0.05, 0.1) is 40.1 Å². The molecule has 1 aliphatic rings. The van der Waals surface area contributed by atoms with Gasteiger partial charge in [0, 0.05) is 0 Å². The Bertz CT molecular complexity index is 406. The summed E-state index contributed by atoms with van der Waals surface area (Å²) < 4.78 is 21.4. The molecule has 0 spiro atoms. The fraction of sp³-hybridized carbons (Fsp3) is 0.571. The Hall–Kier alpha value is -1.30. The number of methoxy groups -OCH3 is 2. The maximum Gasteiger partial charge on any atom is 0.161 e. The molecule has 1 aromatic carbocycles. The van der Waals surface area contributed by atoms with Gasteiger partial charge in [0.25, 0.3) is 0 Å². The van der Waals surface area contributed by atoms with Crippen LogP contribution in [0.15, 0.2) is 18.2 Å². The first-order valence-corrected chi connectivity index (χ1v) is 6.37. The van der Waals surface area contributed by atoms with Crippen LogP contribution in [0, 0.1) is 0 Å². The minimum atomic E-state index is 0.125. The van der Waals surface area contributed by atoms with E-state index < -0.39 is 0 Å². The highest BCUT2D eigenvalue weighted by Gasteiger charge is 2.21. The van der Waals surface area contributed by atoms with Crippen LogP contribution in [0.25, 0.3) is 0 Å². The summed E-state index contributed by atoms with van der Waals surface area (Å²) in [6.07, 6.45) is 0.232. The van der Waals surface area contributed by atoms with Crippen molar-refractivity contribution in [2.75, 3.05) is 41.1 Å². The standard InChI is InChI=1S/C14H21NO4/c1-15-12(9-19-11-7-18-8-11)10-4-5-13(16-2)14(6-10)17-3/h4-6,11-12,15H,7-9H2,1-3H3. The molecular weight excluding hydrogens is 246 g/mol. The Kier molecular flexibility index (Phi) is 5.01. The van der Waals surface area contributed by atoms with Gasteiger partial charge < -0.3 is 24.3 Å². The molecule has 0 radical (unpaired) electrons. The van der Waals surface area contributed by atoms with Gasteiger partial charge in [-0.1, -0.05) is 6.07 Å². The first-order valence-electron chi connectivity index (χ1n) is 6.37. The number of nitrogens with one attached hydrogen (secondary N) is 1. The second-order valence-electron chi connectivity index (χ2n) is 4.45. The smallest absolute Gasteiger partial charge is 0.161 e. The van der Waals surface area contributed by atoms with E-state index in [9.17, 15) is 0 Å². The molecule has 1 heterocycles. The zero-order valence-corrected chi connectivity index (χ0v) is 11.6. The minimum Gasteiger partial charge on any atom is -0.493 e. The number of hydrogen-bond donors (Lipinski definition) is 1. The second kappa shape index (κ2) is 6.75. The van der Waals surface area contributed by atoms with Gasteiger partial charge >= 0.3 is 0 Å². The average Bonchev–Trinajstić information content (AvgIpc) is 2.41. The quantitative estimate of drug-likeness (QED) is 0.809. The fourth-order valence-electron chi connectivity index (χ4n) is 1.96. The Morgan fingerprint density at radius 1 is 1.26 bits per heavy atom. The highest BCUT2D eigenvalue weighted by atomic mass is 16.6. The molecule has 0 bridgehead atoms. The summed E-state index contributed by atoms with van der Waals surface area (Å²) in [6, 6.07) is 6.02. The van der Waals surface area contributed by atoms with Crippen molar-refractivity contribution in [2.24, 2.45) is 0 Å². The Balaban J connectivity index is 2.03. The van der Waals surface area contributed by atoms with Gasteiger partial charge in [-0.25, -0.2) is 0 Å². The second-order valence-corrected chi connectivity index (χ2v) is 4.45. The van der Waals surface area contributed by atoms with Crippen molar-refractivity contribution >= 4 is 0 Å². The fourth-order valence-corrected chi connectivity index (χ4v) is 1.96. The van der Waals surface area contributed by atoms with Gasteiger partial charge in [-0.05, 0) is 24.7 Å². The molecule has 1 aromatic rings.